The molecule has 16 heavy (non-hydrogen) atoms. The topological polar surface area (TPSA) is 35.5 Å². The van der Waals surface area contributed by atoms with Gasteiger partial charge in [-0.2, -0.15) is 0 Å². The van der Waals surface area contributed by atoms with Gasteiger partial charge in [0.2, 0.25) is 0 Å². The van der Waals surface area contributed by atoms with Gasteiger partial charge in [-0.15, -0.1) is 0 Å². The van der Waals surface area contributed by atoms with Gasteiger partial charge >= 0.3 is 0 Å². The largest absolute Gasteiger partial charge is 0.395 e. The van der Waals surface area contributed by atoms with E-state index in [4.69, 9.17) is 5.11 Å². The highest BCUT2D eigenvalue weighted by molar-refractivity contribution is 4.91. The third-order valence-electron chi connectivity index (χ3n) is 4.03. The fraction of sp³-hybridized carbons (Fsp3) is 1.00. The van der Waals surface area contributed by atoms with E-state index in [9.17, 15) is 0 Å². The van der Waals surface area contributed by atoms with Crippen molar-refractivity contribution in [1.82, 2.24) is 10.2 Å². The van der Waals surface area contributed by atoms with Gasteiger partial charge < -0.3 is 10.4 Å². The predicted octanol–water partition coefficient (Wildman–Crippen LogP) is 1.36. The summed E-state index contributed by atoms with van der Waals surface area (Å²) in [4.78, 5) is 2.57. The number of aliphatic hydroxyl groups excluding tert-OH is 1. The number of hydrogen-bond acceptors (Lipinski definition) is 3. The highest BCUT2D eigenvalue weighted by Crippen LogP contribution is 2.33. The molecule has 2 aliphatic rings. The molecule has 0 aliphatic heterocycles. The first-order valence-electron chi connectivity index (χ1n) is 6.95. The van der Waals surface area contributed by atoms with E-state index >= 15 is 0 Å². The van der Waals surface area contributed by atoms with Gasteiger partial charge in [-0.05, 0) is 45.1 Å². The van der Waals surface area contributed by atoms with Crippen LogP contribution in [-0.4, -0.2) is 47.8 Å². The van der Waals surface area contributed by atoms with E-state index in [0.717, 1.165) is 31.2 Å². The second kappa shape index (κ2) is 5.99. The van der Waals surface area contributed by atoms with E-state index in [1.807, 2.05) is 0 Å². The van der Waals surface area contributed by atoms with Crippen molar-refractivity contribution in [2.75, 3.05) is 19.7 Å². The Morgan fingerprint density at radius 1 is 1.06 bits per heavy atom. The van der Waals surface area contributed by atoms with Gasteiger partial charge in [-0.1, -0.05) is 6.92 Å². The molecule has 3 heteroatoms. The summed E-state index contributed by atoms with van der Waals surface area (Å²) in [6.45, 7) is 4.50. The van der Waals surface area contributed by atoms with Gasteiger partial charge in [0.25, 0.3) is 0 Å². The summed E-state index contributed by atoms with van der Waals surface area (Å²) in [6, 6.07) is 2.29. The Hall–Kier alpha value is -0.120. The maximum Gasteiger partial charge on any atom is 0.0558 e. The van der Waals surface area contributed by atoms with E-state index in [-0.39, 0.29) is 0 Å². The second-order valence-electron chi connectivity index (χ2n) is 5.26. The lowest BCUT2D eigenvalue weighted by Gasteiger charge is -2.37. The van der Waals surface area contributed by atoms with Gasteiger partial charge in [0.15, 0.2) is 0 Å². The number of rotatable bonds is 6. The van der Waals surface area contributed by atoms with Crippen LogP contribution in [0.5, 0.6) is 0 Å². The average Bonchev–Trinajstić information content (AvgIpc) is 3.12. The monoisotopic (exact) mass is 226 g/mol. The van der Waals surface area contributed by atoms with Crippen LogP contribution >= 0.6 is 0 Å². The fourth-order valence-corrected chi connectivity index (χ4v) is 3.09. The molecule has 2 rings (SSSR count). The van der Waals surface area contributed by atoms with Gasteiger partial charge in [0.05, 0.1) is 6.61 Å². The Morgan fingerprint density at radius 2 is 1.62 bits per heavy atom. The van der Waals surface area contributed by atoms with Crippen LogP contribution in [0.1, 0.15) is 45.4 Å². The van der Waals surface area contributed by atoms with Crippen molar-refractivity contribution in [2.24, 2.45) is 0 Å². The summed E-state index contributed by atoms with van der Waals surface area (Å²) in [5.41, 5.74) is 0. The molecular formula is C13H26N2O. The lowest BCUT2D eigenvalue weighted by atomic mass is 9.90. The molecule has 0 atom stereocenters. The van der Waals surface area contributed by atoms with Crippen LogP contribution in [0.3, 0.4) is 0 Å². The summed E-state index contributed by atoms with van der Waals surface area (Å²) in [7, 11) is 0. The molecule has 0 spiro atoms. The van der Waals surface area contributed by atoms with Crippen molar-refractivity contribution in [3.63, 3.8) is 0 Å². The van der Waals surface area contributed by atoms with Crippen LogP contribution < -0.4 is 5.32 Å². The van der Waals surface area contributed by atoms with Crippen molar-refractivity contribution in [3.05, 3.63) is 0 Å². The Balaban J connectivity index is 1.77. The third kappa shape index (κ3) is 3.19. The smallest absolute Gasteiger partial charge is 0.0558 e. The maximum absolute atomic E-state index is 9.13. The highest BCUT2D eigenvalue weighted by atomic mass is 16.3. The molecule has 0 aromatic heterocycles. The average molecular weight is 226 g/mol. The zero-order chi connectivity index (χ0) is 11.4. The summed E-state index contributed by atoms with van der Waals surface area (Å²) in [6.07, 6.45) is 7.96. The summed E-state index contributed by atoms with van der Waals surface area (Å²) in [5.74, 6) is 0. The number of aliphatic hydroxyl groups is 1. The molecule has 2 N–H and O–H groups in total. The van der Waals surface area contributed by atoms with Gasteiger partial charge in [-0.25, -0.2) is 0 Å². The van der Waals surface area contributed by atoms with Crippen LogP contribution in [0.15, 0.2) is 0 Å². The van der Waals surface area contributed by atoms with Gasteiger partial charge in [-0.3, -0.25) is 4.90 Å². The molecule has 0 bridgehead atoms. The molecule has 0 radical (unpaired) electrons. The lowest BCUT2D eigenvalue weighted by Crippen LogP contribution is -2.44. The summed E-state index contributed by atoms with van der Waals surface area (Å²) >= 11 is 0. The van der Waals surface area contributed by atoms with E-state index in [2.05, 4.69) is 17.1 Å². The highest BCUT2D eigenvalue weighted by Gasteiger charge is 2.35. The predicted molar refractivity (Wildman–Crippen MR) is 66.5 cm³/mol. The minimum absolute atomic E-state index is 0.323. The molecule has 0 saturated heterocycles. The first kappa shape index (κ1) is 12.3. The lowest BCUT2D eigenvalue weighted by molar-refractivity contribution is 0.109. The van der Waals surface area contributed by atoms with E-state index in [1.54, 1.807) is 0 Å². The standard InChI is InChI=1S/C13H26N2O/c1-2-14-11-3-5-12(6-4-11)15(9-10-16)13-7-8-13/h11-14,16H,2-10H2,1H3. The number of hydrogen-bond donors (Lipinski definition) is 2. The number of nitrogens with zero attached hydrogens (tertiary/aromatic N) is 1. The van der Waals surface area contributed by atoms with E-state index < -0.39 is 0 Å². The third-order valence-corrected chi connectivity index (χ3v) is 4.03. The first-order chi connectivity index (χ1) is 7.85. The molecule has 2 saturated carbocycles. The van der Waals surface area contributed by atoms with Crippen molar-refractivity contribution < 1.29 is 5.11 Å². The zero-order valence-electron chi connectivity index (χ0n) is 10.5. The van der Waals surface area contributed by atoms with E-state index in [0.29, 0.717) is 6.61 Å². The second-order valence-corrected chi connectivity index (χ2v) is 5.26. The molecule has 0 heterocycles. The Labute approximate surface area is 99.2 Å². The van der Waals surface area contributed by atoms with Gasteiger partial charge in [0.1, 0.15) is 0 Å². The molecule has 0 amide bonds. The molecule has 94 valence electrons. The molecule has 0 aromatic rings. The summed E-state index contributed by atoms with van der Waals surface area (Å²) < 4.78 is 0. The van der Waals surface area contributed by atoms with Crippen molar-refractivity contribution in [1.29, 1.82) is 0 Å². The van der Waals surface area contributed by atoms with Gasteiger partial charge in [0, 0.05) is 24.7 Å². The first-order valence-corrected chi connectivity index (χ1v) is 6.95. The zero-order valence-corrected chi connectivity index (χ0v) is 10.5. The molecule has 2 fully saturated rings. The van der Waals surface area contributed by atoms with Crippen LogP contribution in [0.4, 0.5) is 0 Å². The Bertz CT molecular complexity index is 198. The van der Waals surface area contributed by atoms with Crippen LogP contribution in [0.25, 0.3) is 0 Å². The molecular weight excluding hydrogens is 200 g/mol. The molecule has 0 aromatic carbocycles. The number of nitrogens with one attached hydrogen (secondary N) is 1. The van der Waals surface area contributed by atoms with E-state index in [1.165, 1.54) is 38.5 Å². The quantitative estimate of drug-likeness (QED) is 0.718. The minimum atomic E-state index is 0.323. The van der Waals surface area contributed by atoms with Crippen molar-refractivity contribution in [3.8, 4) is 0 Å². The van der Waals surface area contributed by atoms with Crippen LogP contribution in [-0.2, 0) is 0 Å². The molecule has 2 aliphatic carbocycles. The minimum Gasteiger partial charge on any atom is -0.395 e. The van der Waals surface area contributed by atoms with Crippen molar-refractivity contribution >= 4 is 0 Å². The normalized spacial score (nSPS) is 30.9. The SMILES string of the molecule is CCNC1CCC(N(CCO)C2CC2)CC1. The maximum atomic E-state index is 9.13. The van der Waals surface area contributed by atoms with Crippen molar-refractivity contribution in [2.45, 2.75) is 63.6 Å². The van der Waals surface area contributed by atoms with Crippen LogP contribution in [0, 0.1) is 0 Å². The Morgan fingerprint density at radius 3 is 2.06 bits per heavy atom. The Kier molecular flexibility index (Phi) is 4.62. The molecule has 3 nitrogen and oxygen atoms in total. The van der Waals surface area contributed by atoms with Crippen LogP contribution in [0.2, 0.25) is 0 Å². The fourth-order valence-electron chi connectivity index (χ4n) is 3.09. The summed E-state index contributed by atoms with van der Waals surface area (Å²) in [5, 5.41) is 12.7. The molecule has 0 unspecified atom stereocenters.